The predicted octanol–water partition coefficient (Wildman–Crippen LogP) is 2.25. The number of amides is 4. The van der Waals surface area contributed by atoms with E-state index in [4.69, 9.17) is 0 Å². The number of carbonyl (C=O) groups is 3. The summed E-state index contributed by atoms with van der Waals surface area (Å²) in [5.41, 5.74) is 4.45. The Bertz CT molecular complexity index is 919. The molecule has 0 radical (unpaired) electrons. The Morgan fingerprint density at radius 2 is 2.07 bits per heavy atom. The highest BCUT2D eigenvalue weighted by molar-refractivity contribution is 7.99. The minimum Gasteiger partial charge on any atom is -0.333 e. The van der Waals surface area contributed by atoms with Crippen LogP contribution in [0.3, 0.4) is 0 Å². The molecule has 0 unspecified atom stereocenters. The van der Waals surface area contributed by atoms with E-state index in [0.29, 0.717) is 18.0 Å². The second kappa shape index (κ2) is 6.88. The van der Waals surface area contributed by atoms with Gasteiger partial charge in [-0.3, -0.25) is 15.0 Å². The first-order valence-electron chi connectivity index (χ1n) is 9.02. The summed E-state index contributed by atoms with van der Waals surface area (Å²) in [5, 5.41) is 4.22. The molecule has 2 aliphatic rings. The van der Waals surface area contributed by atoms with Crippen LogP contribution in [0.2, 0.25) is 0 Å². The highest BCUT2D eigenvalue weighted by Crippen LogP contribution is 2.33. The van der Waals surface area contributed by atoms with Crippen LogP contribution in [-0.2, 0) is 9.59 Å². The van der Waals surface area contributed by atoms with Crippen molar-refractivity contribution in [1.29, 1.82) is 0 Å². The van der Waals surface area contributed by atoms with Crippen LogP contribution in [-0.4, -0.2) is 44.1 Å². The number of hydrogen-bond donors (Lipinski definition) is 3. The lowest BCUT2D eigenvalue weighted by molar-refractivity contribution is -0.139. The second-order valence-corrected chi connectivity index (χ2v) is 8.06. The third-order valence-corrected chi connectivity index (χ3v) is 5.93. The molecule has 1 aliphatic heterocycles. The number of nitrogens with zero attached hydrogens (tertiary/aromatic N) is 2. The van der Waals surface area contributed by atoms with Gasteiger partial charge in [-0.15, -0.1) is 0 Å². The number of rotatable bonds is 4. The number of aromatic nitrogens is 2. The first-order valence-corrected chi connectivity index (χ1v) is 10.0. The lowest BCUT2D eigenvalue weighted by Crippen LogP contribution is -2.51. The largest absolute Gasteiger partial charge is 0.344 e. The van der Waals surface area contributed by atoms with Gasteiger partial charge >= 0.3 is 6.03 Å². The summed E-state index contributed by atoms with van der Waals surface area (Å²) in [7, 11) is 0. The SMILES string of the molecule is Cc1ccc2nc(SCC(=O)NN3C(=O)NC4(CCCCC4)C3=O)[nH]c2c1. The Balaban J connectivity index is 1.37. The minimum atomic E-state index is -0.841. The molecular weight excluding hydrogens is 366 g/mol. The molecule has 27 heavy (non-hydrogen) atoms. The zero-order valence-corrected chi connectivity index (χ0v) is 15.8. The molecule has 0 bridgehead atoms. The maximum absolute atomic E-state index is 12.7. The smallest absolute Gasteiger partial charge is 0.333 e. The predicted molar refractivity (Wildman–Crippen MR) is 101 cm³/mol. The lowest BCUT2D eigenvalue weighted by Gasteiger charge is -2.30. The van der Waals surface area contributed by atoms with Crippen LogP contribution in [0.1, 0.15) is 37.7 Å². The number of hydrogen-bond acceptors (Lipinski definition) is 5. The van der Waals surface area contributed by atoms with Gasteiger partial charge in [-0.25, -0.2) is 9.78 Å². The molecule has 4 rings (SSSR count). The molecule has 1 spiro atoms. The van der Waals surface area contributed by atoms with E-state index in [-0.39, 0.29) is 11.7 Å². The molecule has 2 heterocycles. The standard InChI is InChI=1S/C18H21N5O3S/c1-11-5-6-12-13(9-11)20-16(19-12)27-10-14(24)22-23-15(25)18(21-17(23)26)7-3-2-4-8-18/h5-6,9H,2-4,7-8,10H2,1H3,(H,19,20)(H,21,26)(H,22,24). The van der Waals surface area contributed by atoms with Gasteiger partial charge in [-0.1, -0.05) is 37.1 Å². The molecule has 3 N–H and O–H groups in total. The van der Waals surface area contributed by atoms with E-state index in [1.807, 2.05) is 25.1 Å². The molecule has 1 aromatic carbocycles. The molecule has 142 valence electrons. The van der Waals surface area contributed by atoms with E-state index in [9.17, 15) is 14.4 Å². The molecule has 2 aromatic rings. The van der Waals surface area contributed by atoms with Crippen LogP contribution < -0.4 is 10.7 Å². The Kier molecular flexibility index (Phi) is 4.55. The van der Waals surface area contributed by atoms with E-state index in [0.717, 1.165) is 40.9 Å². The van der Waals surface area contributed by atoms with Crippen LogP contribution >= 0.6 is 11.8 Å². The first kappa shape index (κ1) is 17.8. The van der Waals surface area contributed by atoms with Gasteiger partial charge in [0.05, 0.1) is 16.8 Å². The van der Waals surface area contributed by atoms with Crippen LogP contribution in [0.5, 0.6) is 0 Å². The summed E-state index contributed by atoms with van der Waals surface area (Å²) < 4.78 is 0. The van der Waals surface area contributed by atoms with Crippen LogP contribution in [0.4, 0.5) is 4.79 Å². The van der Waals surface area contributed by atoms with Crippen LogP contribution in [0.25, 0.3) is 11.0 Å². The summed E-state index contributed by atoms with van der Waals surface area (Å²) >= 11 is 1.22. The zero-order valence-electron chi connectivity index (χ0n) is 15.0. The Morgan fingerprint density at radius 1 is 1.30 bits per heavy atom. The molecule has 0 atom stereocenters. The van der Waals surface area contributed by atoms with Gasteiger partial charge < -0.3 is 10.3 Å². The van der Waals surface area contributed by atoms with Crippen molar-refractivity contribution in [3.63, 3.8) is 0 Å². The molecule has 2 fully saturated rings. The minimum absolute atomic E-state index is 0.0445. The van der Waals surface area contributed by atoms with Crippen molar-refractivity contribution in [2.24, 2.45) is 0 Å². The molecule has 1 saturated heterocycles. The highest BCUT2D eigenvalue weighted by atomic mass is 32.2. The third-order valence-electron chi connectivity index (χ3n) is 5.06. The van der Waals surface area contributed by atoms with Gasteiger partial charge in [0.15, 0.2) is 5.16 Å². The number of benzene rings is 1. The van der Waals surface area contributed by atoms with Gasteiger partial charge in [0.1, 0.15) is 5.54 Å². The number of aryl methyl sites for hydroxylation is 1. The van der Waals surface area contributed by atoms with Crippen LogP contribution in [0, 0.1) is 6.92 Å². The average Bonchev–Trinajstić information content (AvgIpc) is 3.14. The summed E-state index contributed by atoms with van der Waals surface area (Å²) in [6.45, 7) is 2.00. The second-order valence-electron chi connectivity index (χ2n) is 7.10. The van der Waals surface area contributed by atoms with Crippen LogP contribution in [0.15, 0.2) is 23.4 Å². The van der Waals surface area contributed by atoms with E-state index >= 15 is 0 Å². The van der Waals surface area contributed by atoms with Crippen molar-refractivity contribution in [3.05, 3.63) is 23.8 Å². The fourth-order valence-electron chi connectivity index (χ4n) is 3.68. The molecule has 1 saturated carbocycles. The summed E-state index contributed by atoms with van der Waals surface area (Å²) in [4.78, 5) is 44.7. The van der Waals surface area contributed by atoms with Gasteiger partial charge in [-0.05, 0) is 37.5 Å². The Labute approximate surface area is 160 Å². The van der Waals surface area contributed by atoms with Gasteiger partial charge in [0, 0.05) is 0 Å². The number of aromatic amines is 1. The maximum atomic E-state index is 12.7. The number of urea groups is 1. The normalized spacial score (nSPS) is 18.9. The third kappa shape index (κ3) is 3.39. The van der Waals surface area contributed by atoms with Gasteiger partial charge in [0.25, 0.3) is 5.91 Å². The number of nitrogens with one attached hydrogen (secondary N) is 3. The van der Waals surface area contributed by atoms with Crippen molar-refractivity contribution in [2.45, 2.75) is 49.7 Å². The quantitative estimate of drug-likeness (QED) is 0.551. The number of fused-ring (bicyclic) bond motifs is 1. The molecule has 1 aromatic heterocycles. The number of imidazole rings is 1. The fourth-order valence-corrected chi connectivity index (χ4v) is 4.35. The fraction of sp³-hybridized carbons (Fsp3) is 0.444. The summed E-state index contributed by atoms with van der Waals surface area (Å²) in [6, 6.07) is 5.33. The average molecular weight is 387 g/mol. The van der Waals surface area contributed by atoms with E-state index in [2.05, 4.69) is 20.7 Å². The van der Waals surface area contributed by atoms with Crippen molar-refractivity contribution >= 4 is 40.6 Å². The molecule has 8 nitrogen and oxygen atoms in total. The zero-order chi connectivity index (χ0) is 19.0. The first-order chi connectivity index (χ1) is 13.0. The van der Waals surface area contributed by atoms with E-state index in [1.165, 1.54) is 11.8 Å². The van der Waals surface area contributed by atoms with E-state index in [1.54, 1.807) is 0 Å². The van der Waals surface area contributed by atoms with Crippen molar-refractivity contribution in [2.75, 3.05) is 5.75 Å². The molecular formula is C18H21N5O3S. The number of H-pyrrole nitrogens is 1. The summed E-state index contributed by atoms with van der Waals surface area (Å²) in [5.74, 6) is -0.735. The van der Waals surface area contributed by atoms with Crippen molar-refractivity contribution in [3.8, 4) is 0 Å². The Hall–Kier alpha value is -2.55. The number of carbonyl (C=O) groups excluding carboxylic acids is 3. The summed E-state index contributed by atoms with van der Waals surface area (Å²) in [6.07, 6.45) is 4.10. The van der Waals surface area contributed by atoms with Gasteiger partial charge in [-0.2, -0.15) is 5.01 Å². The lowest BCUT2D eigenvalue weighted by atomic mass is 9.82. The van der Waals surface area contributed by atoms with Crippen molar-refractivity contribution < 1.29 is 14.4 Å². The molecule has 1 aliphatic carbocycles. The highest BCUT2D eigenvalue weighted by Gasteiger charge is 2.52. The molecule has 9 heteroatoms. The van der Waals surface area contributed by atoms with Gasteiger partial charge in [0.2, 0.25) is 5.91 Å². The Morgan fingerprint density at radius 3 is 2.85 bits per heavy atom. The molecule has 4 amide bonds. The number of hydrazine groups is 1. The van der Waals surface area contributed by atoms with E-state index < -0.39 is 17.5 Å². The maximum Gasteiger partial charge on any atom is 0.344 e. The van der Waals surface area contributed by atoms with Crippen molar-refractivity contribution in [1.82, 2.24) is 25.7 Å². The monoisotopic (exact) mass is 387 g/mol. The number of imide groups is 1. The topological polar surface area (TPSA) is 107 Å². The number of thioether (sulfide) groups is 1.